The van der Waals surface area contributed by atoms with E-state index in [4.69, 9.17) is 0 Å². The summed E-state index contributed by atoms with van der Waals surface area (Å²) in [6, 6.07) is 0.593. The predicted molar refractivity (Wildman–Crippen MR) is 81.7 cm³/mol. The molecule has 0 aromatic heterocycles. The molecule has 0 unspecified atom stereocenters. The van der Waals surface area contributed by atoms with Crippen LogP contribution in [-0.2, 0) is 4.79 Å². The van der Waals surface area contributed by atoms with Gasteiger partial charge in [-0.1, -0.05) is 44.9 Å². The number of carbonyl (C=O) groups excluding carboxylic acids is 1. The van der Waals surface area contributed by atoms with Crippen molar-refractivity contribution in [1.29, 1.82) is 0 Å². The van der Waals surface area contributed by atoms with Crippen LogP contribution in [-0.4, -0.2) is 42.0 Å². The Labute approximate surface area is 123 Å². The fourth-order valence-corrected chi connectivity index (χ4v) is 4.12. The lowest BCUT2D eigenvalue weighted by Gasteiger charge is -2.39. The van der Waals surface area contributed by atoms with Crippen LogP contribution in [0.5, 0.6) is 0 Å². The molecule has 3 nitrogen and oxygen atoms in total. The summed E-state index contributed by atoms with van der Waals surface area (Å²) in [4.78, 5) is 14.2. The Morgan fingerprint density at radius 1 is 1.00 bits per heavy atom. The number of aliphatic hydroxyl groups excluding tert-OH is 1. The summed E-state index contributed by atoms with van der Waals surface area (Å²) in [5, 5.41) is 9.38. The molecular formula is C17H31NO2. The highest BCUT2D eigenvalue weighted by Gasteiger charge is 2.34. The Kier molecular flexibility index (Phi) is 6.50. The molecular weight excluding hydrogens is 250 g/mol. The number of hydrogen-bond acceptors (Lipinski definition) is 3. The molecule has 2 saturated carbocycles. The molecule has 1 N–H and O–H groups in total. The Morgan fingerprint density at radius 3 is 2.15 bits per heavy atom. The maximum absolute atomic E-state index is 11.8. The van der Waals surface area contributed by atoms with Crippen LogP contribution in [0.15, 0.2) is 0 Å². The van der Waals surface area contributed by atoms with Crippen LogP contribution in [0, 0.1) is 5.41 Å². The third-order valence-electron chi connectivity index (χ3n) is 5.35. The molecule has 0 heterocycles. The lowest BCUT2D eigenvalue weighted by molar-refractivity contribution is -0.118. The number of nitrogens with zero attached hydrogens (tertiary/aromatic N) is 1. The molecule has 0 bridgehead atoms. The second-order valence-corrected chi connectivity index (χ2v) is 6.88. The Morgan fingerprint density at radius 2 is 1.60 bits per heavy atom. The first-order valence-corrected chi connectivity index (χ1v) is 8.61. The third kappa shape index (κ3) is 4.29. The summed E-state index contributed by atoms with van der Waals surface area (Å²) in [7, 11) is 0. The zero-order chi connectivity index (χ0) is 14.3. The monoisotopic (exact) mass is 281 g/mol. The van der Waals surface area contributed by atoms with Gasteiger partial charge in [0.2, 0.25) is 0 Å². The third-order valence-corrected chi connectivity index (χ3v) is 5.35. The minimum Gasteiger partial charge on any atom is -0.395 e. The van der Waals surface area contributed by atoms with Gasteiger partial charge >= 0.3 is 0 Å². The molecule has 3 heteroatoms. The van der Waals surface area contributed by atoms with Crippen molar-refractivity contribution in [2.24, 2.45) is 5.41 Å². The Balaban J connectivity index is 2.01. The number of aliphatic hydroxyl groups is 1. The second-order valence-electron chi connectivity index (χ2n) is 6.88. The van der Waals surface area contributed by atoms with E-state index >= 15 is 0 Å². The minimum atomic E-state index is -0.136. The van der Waals surface area contributed by atoms with Gasteiger partial charge in [-0.2, -0.15) is 0 Å². The normalized spacial score (nSPS) is 24.5. The molecule has 2 aliphatic carbocycles. The van der Waals surface area contributed by atoms with Gasteiger partial charge in [-0.25, -0.2) is 0 Å². The highest BCUT2D eigenvalue weighted by atomic mass is 16.3. The summed E-state index contributed by atoms with van der Waals surface area (Å²) in [5.41, 5.74) is -0.136. The summed E-state index contributed by atoms with van der Waals surface area (Å²) in [5.74, 6) is 0. The quantitative estimate of drug-likeness (QED) is 0.600. The van der Waals surface area contributed by atoms with Crippen molar-refractivity contribution in [1.82, 2.24) is 4.90 Å². The van der Waals surface area contributed by atoms with Gasteiger partial charge in [-0.15, -0.1) is 0 Å². The predicted octanol–water partition coefficient (Wildman–Crippen LogP) is 3.15. The molecule has 0 radical (unpaired) electrons. The van der Waals surface area contributed by atoms with E-state index < -0.39 is 0 Å². The highest BCUT2D eigenvalue weighted by molar-refractivity contribution is 5.59. The van der Waals surface area contributed by atoms with Crippen LogP contribution < -0.4 is 0 Å². The van der Waals surface area contributed by atoms with Gasteiger partial charge in [0.25, 0.3) is 0 Å². The molecule has 0 saturated heterocycles. The SMILES string of the molecule is O=CC1(CN(CCO)C2CCCCC2)CCCCCC1. The zero-order valence-corrected chi connectivity index (χ0v) is 12.9. The van der Waals surface area contributed by atoms with Crippen molar-refractivity contribution < 1.29 is 9.90 Å². The molecule has 0 aromatic rings. The van der Waals surface area contributed by atoms with Gasteiger partial charge in [0.15, 0.2) is 0 Å². The van der Waals surface area contributed by atoms with Gasteiger partial charge in [0, 0.05) is 24.5 Å². The van der Waals surface area contributed by atoms with Gasteiger partial charge in [0.05, 0.1) is 6.61 Å². The van der Waals surface area contributed by atoms with Gasteiger partial charge < -0.3 is 9.90 Å². The molecule has 0 amide bonds. The Bertz CT molecular complexity index is 279. The number of aldehydes is 1. The maximum atomic E-state index is 11.8. The molecule has 0 spiro atoms. The first-order valence-electron chi connectivity index (χ1n) is 8.61. The fraction of sp³-hybridized carbons (Fsp3) is 0.941. The van der Waals surface area contributed by atoms with Crippen LogP contribution in [0.4, 0.5) is 0 Å². The zero-order valence-electron chi connectivity index (χ0n) is 12.9. The summed E-state index contributed by atoms with van der Waals surface area (Å²) in [6.07, 6.45) is 14.7. The van der Waals surface area contributed by atoms with Crippen LogP contribution in [0.2, 0.25) is 0 Å². The lowest BCUT2D eigenvalue weighted by Crippen LogP contribution is -2.46. The largest absolute Gasteiger partial charge is 0.395 e. The number of carbonyl (C=O) groups is 1. The second kappa shape index (κ2) is 8.14. The first kappa shape index (κ1) is 16.0. The van der Waals surface area contributed by atoms with E-state index in [-0.39, 0.29) is 12.0 Å². The van der Waals surface area contributed by atoms with Gasteiger partial charge in [-0.05, 0) is 25.7 Å². The molecule has 20 heavy (non-hydrogen) atoms. The van der Waals surface area contributed by atoms with Gasteiger partial charge in [0.1, 0.15) is 6.29 Å². The van der Waals surface area contributed by atoms with E-state index in [0.717, 1.165) is 25.9 Å². The van der Waals surface area contributed by atoms with E-state index in [1.54, 1.807) is 0 Å². The van der Waals surface area contributed by atoms with E-state index in [0.29, 0.717) is 6.04 Å². The molecule has 116 valence electrons. The van der Waals surface area contributed by atoms with E-state index in [1.165, 1.54) is 64.1 Å². The number of rotatable bonds is 6. The molecule has 2 fully saturated rings. The summed E-state index contributed by atoms with van der Waals surface area (Å²) in [6.45, 7) is 1.83. The van der Waals surface area contributed by atoms with Crippen molar-refractivity contribution >= 4 is 6.29 Å². The molecule has 0 aromatic carbocycles. The minimum absolute atomic E-state index is 0.136. The van der Waals surface area contributed by atoms with Crippen molar-refractivity contribution in [3.63, 3.8) is 0 Å². The molecule has 2 rings (SSSR count). The van der Waals surface area contributed by atoms with E-state index in [2.05, 4.69) is 4.90 Å². The summed E-state index contributed by atoms with van der Waals surface area (Å²) >= 11 is 0. The average molecular weight is 281 g/mol. The molecule has 0 aliphatic heterocycles. The Hall–Kier alpha value is -0.410. The number of hydrogen-bond donors (Lipinski definition) is 1. The van der Waals surface area contributed by atoms with Crippen LogP contribution in [0.1, 0.15) is 70.6 Å². The topological polar surface area (TPSA) is 40.5 Å². The van der Waals surface area contributed by atoms with E-state index in [9.17, 15) is 9.90 Å². The van der Waals surface area contributed by atoms with Crippen molar-refractivity contribution in [2.45, 2.75) is 76.7 Å². The maximum Gasteiger partial charge on any atom is 0.127 e. The lowest BCUT2D eigenvalue weighted by atomic mass is 9.80. The fourth-order valence-electron chi connectivity index (χ4n) is 4.12. The van der Waals surface area contributed by atoms with Crippen molar-refractivity contribution in [3.05, 3.63) is 0 Å². The van der Waals surface area contributed by atoms with Crippen molar-refractivity contribution in [2.75, 3.05) is 19.7 Å². The smallest absolute Gasteiger partial charge is 0.127 e. The first-order chi connectivity index (χ1) is 9.79. The molecule has 2 aliphatic rings. The van der Waals surface area contributed by atoms with Crippen LogP contribution >= 0.6 is 0 Å². The average Bonchev–Trinajstić information content (AvgIpc) is 2.74. The van der Waals surface area contributed by atoms with Gasteiger partial charge in [-0.3, -0.25) is 4.90 Å². The summed E-state index contributed by atoms with van der Waals surface area (Å²) < 4.78 is 0. The van der Waals surface area contributed by atoms with Crippen LogP contribution in [0.3, 0.4) is 0 Å². The standard InChI is InChI=1S/C17H31NO2/c19-13-12-18(16-8-4-3-5-9-16)14-17(15-20)10-6-1-2-7-11-17/h15-16,19H,1-14H2. The van der Waals surface area contributed by atoms with E-state index in [1.807, 2.05) is 0 Å². The van der Waals surface area contributed by atoms with Crippen molar-refractivity contribution in [3.8, 4) is 0 Å². The molecule has 0 atom stereocenters. The van der Waals surface area contributed by atoms with Crippen LogP contribution in [0.25, 0.3) is 0 Å². The highest BCUT2D eigenvalue weighted by Crippen LogP contribution is 2.35.